The van der Waals surface area contributed by atoms with E-state index in [1.807, 2.05) is 27.2 Å². The van der Waals surface area contributed by atoms with E-state index in [2.05, 4.69) is 50.0 Å². The van der Waals surface area contributed by atoms with Crippen molar-refractivity contribution in [3.8, 4) is 0 Å². The van der Waals surface area contributed by atoms with Gasteiger partial charge in [-0.15, -0.1) is 6.58 Å². The van der Waals surface area contributed by atoms with Gasteiger partial charge in [-0.3, -0.25) is 14.2 Å². The fourth-order valence-electron chi connectivity index (χ4n) is 5.65. The molecule has 0 aromatic carbocycles. The monoisotopic (exact) mass is 782 g/mol. The normalized spacial score (nSPS) is 13.9. The second kappa shape index (κ2) is 36.6. The van der Waals surface area contributed by atoms with Gasteiger partial charge in [-0.25, -0.2) is 0 Å². The lowest BCUT2D eigenvalue weighted by Crippen LogP contribution is -2.37. The lowest BCUT2D eigenvalue weighted by molar-refractivity contribution is -0.870. The van der Waals surface area contributed by atoms with Crippen LogP contribution in [0.3, 0.4) is 0 Å². The third kappa shape index (κ3) is 39.7. The first kappa shape index (κ1) is 52.0. The number of carbonyl (C=O) groups is 2. The first-order chi connectivity index (χ1) is 26.0. The van der Waals surface area contributed by atoms with Crippen molar-refractivity contribution in [1.29, 1.82) is 0 Å². The highest BCUT2D eigenvalue weighted by Crippen LogP contribution is 2.38. The predicted molar refractivity (Wildman–Crippen MR) is 222 cm³/mol. The molecule has 1 unspecified atom stereocenters. The molecule has 0 saturated heterocycles. The summed E-state index contributed by atoms with van der Waals surface area (Å²) in [7, 11) is 1.15. The molecule has 0 rings (SSSR count). The first-order valence-corrected chi connectivity index (χ1v) is 22.8. The molecule has 0 saturated carbocycles. The molecule has 0 spiro atoms. The summed E-state index contributed by atoms with van der Waals surface area (Å²) in [6, 6.07) is 0. The van der Waals surface area contributed by atoms with Crippen LogP contribution < -0.4 is 4.89 Å². The second-order valence-corrected chi connectivity index (χ2v) is 16.8. The summed E-state index contributed by atoms with van der Waals surface area (Å²) in [5, 5.41) is 0. The molecule has 0 heterocycles. The van der Waals surface area contributed by atoms with Gasteiger partial charge in [0.1, 0.15) is 19.8 Å². The van der Waals surface area contributed by atoms with Crippen LogP contribution in [-0.2, 0) is 32.7 Å². The molecule has 314 valence electrons. The Balaban J connectivity index is 4.38. The molecule has 0 N–H and O–H groups in total. The van der Waals surface area contributed by atoms with Crippen LogP contribution in [0.2, 0.25) is 0 Å². The zero-order valence-electron chi connectivity index (χ0n) is 35.0. The predicted octanol–water partition coefficient (Wildman–Crippen LogP) is 11.3. The van der Waals surface area contributed by atoms with Crippen molar-refractivity contribution in [1.82, 2.24) is 0 Å². The number of unbranched alkanes of at least 4 members (excludes halogenated alkanes) is 18. The van der Waals surface area contributed by atoms with E-state index in [0.29, 0.717) is 23.9 Å². The smallest absolute Gasteiger partial charge is 0.306 e. The number of phosphoric ester groups is 1. The average molecular weight is 782 g/mol. The molecule has 54 heavy (non-hydrogen) atoms. The van der Waals surface area contributed by atoms with Gasteiger partial charge >= 0.3 is 11.9 Å². The van der Waals surface area contributed by atoms with Crippen molar-refractivity contribution in [3.05, 3.63) is 49.1 Å². The van der Waals surface area contributed by atoms with Crippen molar-refractivity contribution in [2.24, 2.45) is 0 Å². The number of allylic oxidation sites excluding steroid dienone is 7. The number of hydrogen-bond acceptors (Lipinski definition) is 8. The minimum absolute atomic E-state index is 0.0356. The van der Waals surface area contributed by atoms with Gasteiger partial charge in [-0.1, -0.05) is 139 Å². The number of phosphoric acid groups is 1. The van der Waals surface area contributed by atoms with Crippen LogP contribution in [0.5, 0.6) is 0 Å². The fourth-order valence-corrected chi connectivity index (χ4v) is 6.38. The molecule has 0 aliphatic heterocycles. The highest BCUT2D eigenvalue weighted by molar-refractivity contribution is 7.45. The number of ether oxygens (including phenoxy) is 2. The fraction of sp³-hybridized carbons (Fsp3) is 0.773. The quantitative estimate of drug-likeness (QED) is 0.0199. The summed E-state index contributed by atoms with van der Waals surface area (Å²) < 4.78 is 33.8. The summed E-state index contributed by atoms with van der Waals surface area (Å²) >= 11 is 0. The Hall–Kier alpha value is -2.03. The van der Waals surface area contributed by atoms with E-state index < -0.39 is 32.5 Å². The van der Waals surface area contributed by atoms with Gasteiger partial charge in [0.15, 0.2) is 6.10 Å². The van der Waals surface area contributed by atoms with E-state index in [0.717, 1.165) is 77.0 Å². The second-order valence-electron chi connectivity index (χ2n) is 15.4. The minimum Gasteiger partial charge on any atom is -0.756 e. The van der Waals surface area contributed by atoms with E-state index in [4.69, 9.17) is 18.5 Å². The summed E-state index contributed by atoms with van der Waals surface area (Å²) in [6.07, 6.45) is 40.3. The summed E-state index contributed by atoms with van der Waals surface area (Å²) in [6.45, 7) is 5.61. The Morgan fingerprint density at radius 1 is 0.630 bits per heavy atom. The first-order valence-electron chi connectivity index (χ1n) is 21.3. The van der Waals surface area contributed by atoms with E-state index in [9.17, 15) is 19.0 Å². The molecule has 0 fully saturated rings. The van der Waals surface area contributed by atoms with E-state index in [-0.39, 0.29) is 26.1 Å². The maximum Gasteiger partial charge on any atom is 0.306 e. The van der Waals surface area contributed by atoms with Crippen LogP contribution in [0.15, 0.2) is 49.1 Å². The number of likely N-dealkylation sites (N-methyl/N-ethyl adjacent to an activating group) is 1. The number of esters is 2. The Morgan fingerprint density at radius 3 is 1.61 bits per heavy atom. The van der Waals surface area contributed by atoms with E-state index in [1.165, 1.54) is 57.8 Å². The van der Waals surface area contributed by atoms with Crippen LogP contribution in [0, 0.1) is 0 Å². The molecule has 0 bridgehead atoms. The molecule has 2 atom stereocenters. The summed E-state index contributed by atoms with van der Waals surface area (Å²) in [4.78, 5) is 37.5. The third-order valence-electron chi connectivity index (χ3n) is 8.98. The van der Waals surface area contributed by atoms with Gasteiger partial charge in [0.25, 0.3) is 7.82 Å². The van der Waals surface area contributed by atoms with E-state index >= 15 is 0 Å². The van der Waals surface area contributed by atoms with Gasteiger partial charge in [-0.05, 0) is 57.8 Å². The molecule has 0 aromatic rings. The molecule has 0 aromatic heterocycles. The maximum atomic E-state index is 12.7. The molecule has 0 amide bonds. The summed E-state index contributed by atoms with van der Waals surface area (Å²) in [5.41, 5.74) is 0. The minimum atomic E-state index is -4.63. The third-order valence-corrected chi connectivity index (χ3v) is 9.94. The van der Waals surface area contributed by atoms with Gasteiger partial charge in [0.2, 0.25) is 0 Å². The van der Waals surface area contributed by atoms with Gasteiger partial charge in [0, 0.05) is 12.8 Å². The van der Waals surface area contributed by atoms with Gasteiger partial charge in [-0.2, -0.15) is 0 Å². The largest absolute Gasteiger partial charge is 0.756 e. The zero-order chi connectivity index (χ0) is 40.0. The summed E-state index contributed by atoms with van der Waals surface area (Å²) in [5.74, 6) is -0.858. The van der Waals surface area contributed by atoms with Crippen molar-refractivity contribution >= 4 is 19.8 Å². The highest BCUT2D eigenvalue weighted by atomic mass is 31.2. The molecular weight excluding hydrogens is 701 g/mol. The standard InChI is InChI=1S/C44H80NO8P/c1-6-8-10-12-14-16-18-20-22-24-26-28-30-32-34-36-43(46)50-40-42(41-52-54(48,49)51-39-38-45(3,4)5)53-44(47)37-35-33-31-29-27-25-23-21-19-17-15-13-11-9-7-2/h7-8,10,14,16,20,22,42H,2,6,9,11-13,15,17-19,21,23-41H2,1,3-5H3/b10-8+,16-14+,22-20+/t42-/m1/s1. The Morgan fingerprint density at radius 2 is 1.09 bits per heavy atom. The number of quaternary nitrogens is 1. The van der Waals surface area contributed by atoms with Crippen LogP contribution in [0.25, 0.3) is 0 Å². The lowest BCUT2D eigenvalue weighted by Gasteiger charge is -2.28. The number of carbonyl (C=O) groups excluding carboxylic acids is 2. The zero-order valence-corrected chi connectivity index (χ0v) is 35.9. The van der Waals surface area contributed by atoms with Crippen molar-refractivity contribution < 1.29 is 42.1 Å². The van der Waals surface area contributed by atoms with E-state index in [1.54, 1.807) is 0 Å². The number of nitrogens with zero attached hydrogens (tertiary/aromatic N) is 1. The molecular formula is C44H80NO8P. The molecule has 0 aliphatic rings. The van der Waals surface area contributed by atoms with Gasteiger partial charge < -0.3 is 27.9 Å². The van der Waals surface area contributed by atoms with Crippen LogP contribution in [-0.4, -0.2) is 70.0 Å². The number of hydrogen-bond donors (Lipinski definition) is 0. The van der Waals surface area contributed by atoms with Crippen molar-refractivity contribution in [2.45, 2.75) is 174 Å². The topological polar surface area (TPSA) is 111 Å². The SMILES string of the molecule is C=CCCCCCCCCCCCCCCCC(=O)O[C@H](COC(=O)CCCCCCC/C=C/C/C=C/C/C=C/CC)COP(=O)([O-])OCC[N+](C)(C)C. The lowest BCUT2D eigenvalue weighted by atomic mass is 10.0. The van der Waals surface area contributed by atoms with Crippen LogP contribution in [0.4, 0.5) is 0 Å². The molecule has 10 heteroatoms. The maximum absolute atomic E-state index is 12.7. The van der Waals surface area contributed by atoms with Crippen LogP contribution in [0.1, 0.15) is 167 Å². The van der Waals surface area contributed by atoms with Crippen LogP contribution >= 0.6 is 7.82 Å². The Kier molecular flexibility index (Phi) is 35.2. The average Bonchev–Trinajstić information content (AvgIpc) is 3.12. The van der Waals surface area contributed by atoms with Crippen molar-refractivity contribution in [3.63, 3.8) is 0 Å². The molecule has 0 radical (unpaired) electrons. The Labute approximate surface area is 331 Å². The number of rotatable bonds is 39. The highest BCUT2D eigenvalue weighted by Gasteiger charge is 2.21. The molecule has 0 aliphatic carbocycles. The van der Waals surface area contributed by atoms with Gasteiger partial charge in [0.05, 0.1) is 27.7 Å². The van der Waals surface area contributed by atoms with Crippen molar-refractivity contribution in [2.75, 3.05) is 47.5 Å². The molecule has 9 nitrogen and oxygen atoms in total. The Bertz CT molecular complexity index is 1050.